The summed E-state index contributed by atoms with van der Waals surface area (Å²) in [6.07, 6.45) is 9.30. The highest BCUT2D eigenvalue weighted by molar-refractivity contribution is 6.30. The summed E-state index contributed by atoms with van der Waals surface area (Å²) < 4.78 is 11.3. The SMILES string of the molecule is CC(C)(C)OC(=O)N1CC[C@@H](OCCCCCCCc2cccnc2Cl)C1. The van der Waals surface area contributed by atoms with Gasteiger partial charge in [0.25, 0.3) is 0 Å². The van der Waals surface area contributed by atoms with Crippen molar-refractivity contribution in [1.82, 2.24) is 9.88 Å². The molecule has 1 aliphatic heterocycles. The maximum absolute atomic E-state index is 12.0. The van der Waals surface area contributed by atoms with E-state index in [0.717, 1.165) is 44.4 Å². The zero-order chi connectivity index (χ0) is 19.7. The van der Waals surface area contributed by atoms with E-state index in [1.165, 1.54) is 19.3 Å². The largest absolute Gasteiger partial charge is 0.444 e. The van der Waals surface area contributed by atoms with Crippen molar-refractivity contribution in [3.8, 4) is 0 Å². The topological polar surface area (TPSA) is 51.7 Å². The minimum atomic E-state index is -0.446. The molecule has 0 spiro atoms. The zero-order valence-electron chi connectivity index (χ0n) is 16.9. The van der Waals surface area contributed by atoms with Crippen molar-refractivity contribution in [1.29, 1.82) is 0 Å². The first kappa shape index (κ1) is 22.0. The van der Waals surface area contributed by atoms with Gasteiger partial charge >= 0.3 is 6.09 Å². The number of rotatable bonds is 9. The summed E-state index contributed by atoms with van der Waals surface area (Å²) in [7, 11) is 0. The molecule has 0 bridgehead atoms. The Morgan fingerprint density at radius 1 is 1.26 bits per heavy atom. The van der Waals surface area contributed by atoms with Crippen LogP contribution in [0.15, 0.2) is 18.3 Å². The molecule has 1 atom stereocenters. The van der Waals surface area contributed by atoms with E-state index in [9.17, 15) is 4.79 Å². The average Bonchev–Trinajstić information content (AvgIpc) is 3.06. The van der Waals surface area contributed by atoms with Gasteiger partial charge in [-0.25, -0.2) is 9.78 Å². The zero-order valence-corrected chi connectivity index (χ0v) is 17.6. The number of likely N-dealkylation sites (tertiary alicyclic amines) is 1. The summed E-state index contributed by atoms with van der Waals surface area (Å²) in [5, 5.41) is 0.628. The number of hydrogen-bond donors (Lipinski definition) is 0. The summed E-state index contributed by atoms with van der Waals surface area (Å²) in [5.74, 6) is 0. The molecule has 1 aliphatic rings. The monoisotopic (exact) mass is 396 g/mol. The van der Waals surface area contributed by atoms with E-state index in [1.807, 2.05) is 32.9 Å². The lowest BCUT2D eigenvalue weighted by Crippen LogP contribution is -2.36. The molecule has 1 fully saturated rings. The lowest BCUT2D eigenvalue weighted by molar-refractivity contribution is 0.0206. The van der Waals surface area contributed by atoms with Gasteiger partial charge in [0.2, 0.25) is 0 Å². The number of pyridine rings is 1. The van der Waals surface area contributed by atoms with E-state index in [2.05, 4.69) is 4.98 Å². The van der Waals surface area contributed by atoms with Crippen LogP contribution in [0.2, 0.25) is 5.15 Å². The third-order valence-corrected chi connectivity index (χ3v) is 4.92. The van der Waals surface area contributed by atoms with Gasteiger partial charge in [0, 0.05) is 19.3 Å². The quantitative estimate of drug-likeness (QED) is 0.422. The molecule has 0 aromatic carbocycles. The molecule has 6 heteroatoms. The molecule has 152 valence electrons. The van der Waals surface area contributed by atoms with Crippen molar-refractivity contribution < 1.29 is 14.3 Å². The van der Waals surface area contributed by atoms with E-state index in [-0.39, 0.29) is 12.2 Å². The second-order valence-corrected chi connectivity index (χ2v) is 8.54. The first-order valence-corrected chi connectivity index (χ1v) is 10.4. The molecule has 1 aromatic heterocycles. The Kier molecular flexibility index (Phi) is 8.84. The number of nitrogens with zero attached hydrogens (tertiary/aromatic N) is 2. The summed E-state index contributed by atoms with van der Waals surface area (Å²) in [5.41, 5.74) is 0.691. The number of carbonyl (C=O) groups is 1. The molecular weight excluding hydrogens is 364 g/mol. The van der Waals surface area contributed by atoms with E-state index < -0.39 is 5.60 Å². The van der Waals surface area contributed by atoms with E-state index >= 15 is 0 Å². The molecular formula is C21H33ClN2O3. The number of hydrogen-bond acceptors (Lipinski definition) is 4. The molecule has 0 N–H and O–H groups in total. The Bertz CT molecular complexity index is 589. The Labute approximate surface area is 168 Å². The van der Waals surface area contributed by atoms with Gasteiger partial charge in [0.15, 0.2) is 0 Å². The summed E-state index contributed by atoms with van der Waals surface area (Å²) in [6, 6.07) is 3.98. The summed E-state index contributed by atoms with van der Waals surface area (Å²) in [4.78, 5) is 17.9. The maximum Gasteiger partial charge on any atom is 0.410 e. The highest BCUT2D eigenvalue weighted by Crippen LogP contribution is 2.18. The van der Waals surface area contributed by atoms with Crippen LogP contribution in [0.4, 0.5) is 4.79 Å². The van der Waals surface area contributed by atoms with Crippen LogP contribution in [0, 0.1) is 0 Å². The fourth-order valence-corrected chi connectivity index (χ4v) is 3.37. The van der Waals surface area contributed by atoms with Gasteiger partial charge in [-0.1, -0.05) is 36.9 Å². The molecule has 1 aromatic rings. The first-order valence-electron chi connectivity index (χ1n) is 10.0. The Balaban J connectivity index is 1.48. The van der Waals surface area contributed by atoms with Crippen LogP contribution in [-0.4, -0.2) is 47.4 Å². The number of aryl methyl sites for hydroxylation is 1. The van der Waals surface area contributed by atoms with Crippen LogP contribution in [0.5, 0.6) is 0 Å². The van der Waals surface area contributed by atoms with Crippen LogP contribution < -0.4 is 0 Å². The van der Waals surface area contributed by atoms with Crippen LogP contribution in [0.1, 0.15) is 64.9 Å². The molecule has 0 aliphatic carbocycles. The van der Waals surface area contributed by atoms with Crippen LogP contribution in [0.3, 0.4) is 0 Å². The molecule has 0 unspecified atom stereocenters. The number of halogens is 1. The predicted molar refractivity (Wildman–Crippen MR) is 108 cm³/mol. The number of aromatic nitrogens is 1. The number of carbonyl (C=O) groups excluding carboxylic acids is 1. The lowest BCUT2D eigenvalue weighted by Gasteiger charge is -2.24. The van der Waals surface area contributed by atoms with Crippen LogP contribution in [0.25, 0.3) is 0 Å². The molecule has 0 saturated carbocycles. The molecule has 1 saturated heterocycles. The standard InChI is InChI=1S/C21H33ClN2O3/c1-21(2,3)27-20(25)24-14-12-18(16-24)26-15-8-6-4-5-7-10-17-11-9-13-23-19(17)22/h9,11,13,18H,4-8,10,12,14-16H2,1-3H3/t18-/m1/s1. The van der Waals surface area contributed by atoms with Gasteiger partial charge in [-0.2, -0.15) is 0 Å². The summed E-state index contributed by atoms with van der Waals surface area (Å²) in [6.45, 7) is 7.79. The smallest absolute Gasteiger partial charge is 0.410 e. The third kappa shape index (κ3) is 8.48. The van der Waals surface area contributed by atoms with Crippen molar-refractivity contribution in [3.05, 3.63) is 29.0 Å². The van der Waals surface area contributed by atoms with Crippen molar-refractivity contribution >= 4 is 17.7 Å². The second-order valence-electron chi connectivity index (χ2n) is 8.18. The van der Waals surface area contributed by atoms with Crippen molar-refractivity contribution in [2.75, 3.05) is 19.7 Å². The highest BCUT2D eigenvalue weighted by atomic mass is 35.5. The number of unbranched alkanes of at least 4 members (excludes halogenated alkanes) is 4. The summed E-state index contributed by atoms with van der Waals surface area (Å²) >= 11 is 6.07. The van der Waals surface area contributed by atoms with Gasteiger partial charge < -0.3 is 14.4 Å². The Morgan fingerprint density at radius 2 is 2.00 bits per heavy atom. The molecule has 2 heterocycles. The number of ether oxygens (including phenoxy) is 2. The molecule has 2 rings (SSSR count). The second kappa shape index (κ2) is 10.9. The Hall–Kier alpha value is -1.33. The van der Waals surface area contributed by atoms with Gasteiger partial charge in [0.05, 0.1) is 12.6 Å². The van der Waals surface area contributed by atoms with Crippen molar-refractivity contribution in [2.45, 2.75) is 77.4 Å². The van der Waals surface area contributed by atoms with Crippen LogP contribution >= 0.6 is 11.6 Å². The highest BCUT2D eigenvalue weighted by Gasteiger charge is 2.30. The molecule has 0 radical (unpaired) electrons. The molecule has 1 amide bonds. The minimum Gasteiger partial charge on any atom is -0.444 e. The first-order chi connectivity index (χ1) is 12.8. The van der Waals surface area contributed by atoms with E-state index in [4.69, 9.17) is 21.1 Å². The number of amides is 1. The molecule has 27 heavy (non-hydrogen) atoms. The average molecular weight is 397 g/mol. The van der Waals surface area contributed by atoms with Gasteiger partial charge in [-0.3, -0.25) is 0 Å². The fraction of sp³-hybridized carbons (Fsp3) is 0.714. The normalized spacial score (nSPS) is 17.3. The van der Waals surface area contributed by atoms with Gasteiger partial charge in [-0.05, 0) is 58.1 Å². The van der Waals surface area contributed by atoms with Crippen LogP contribution in [-0.2, 0) is 15.9 Å². The Morgan fingerprint density at radius 3 is 2.74 bits per heavy atom. The lowest BCUT2D eigenvalue weighted by atomic mass is 10.1. The fourth-order valence-electron chi connectivity index (χ4n) is 3.16. The third-order valence-electron chi connectivity index (χ3n) is 4.58. The van der Waals surface area contributed by atoms with Crippen molar-refractivity contribution in [2.24, 2.45) is 0 Å². The van der Waals surface area contributed by atoms with Crippen molar-refractivity contribution in [3.63, 3.8) is 0 Å². The minimum absolute atomic E-state index is 0.144. The van der Waals surface area contributed by atoms with Gasteiger partial charge in [0.1, 0.15) is 10.8 Å². The van der Waals surface area contributed by atoms with E-state index in [0.29, 0.717) is 11.7 Å². The predicted octanol–water partition coefficient (Wildman–Crippen LogP) is 5.25. The maximum atomic E-state index is 12.0. The van der Waals surface area contributed by atoms with E-state index in [1.54, 1.807) is 11.1 Å². The van der Waals surface area contributed by atoms with Gasteiger partial charge in [-0.15, -0.1) is 0 Å². The molecule has 5 nitrogen and oxygen atoms in total.